The van der Waals surface area contributed by atoms with Gasteiger partial charge in [-0.2, -0.15) is 15.2 Å². The molecule has 4 rings (SSSR count). The molecule has 3 N–H and O–H groups in total. The van der Waals surface area contributed by atoms with Gasteiger partial charge in [-0.15, -0.1) is 12.4 Å². The highest BCUT2D eigenvalue weighted by atomic mass is 35.5. The van der Waals surface area contributed by atoms with Crippen LogP contribution in [0.2, 0.25) is 0 Å². The number of aromatic amines is 1. The van der Waals surface area contributed by atoms with Crippen LogP contribution >= 0.6 is 12.4 Å². The van der Waals surface area contributed by atoms with E-state index in [0.29, 0.717) is 17.4 Å². The van der Waals surface area contributed by atoms with Crippen molar-refractivity contribution in [2.24, 2.45) is 12.8 Å². The van der Waals surface area contributed by atoms with Crippen molar-refractivity contribution in [3.63, 3.8) is 0 Å². The Morgan fingerprint density at radius 2 is 2.08 bits per heavy atom. The van der Waals surface area contributed by atoms with Crippen molar-refractivity contribution in [3.8, 4) is 22.8 Å². The van der Waals surface area contributed by atoms with E-state index in [9.17, 15) is 0 Å². The molecule has 3 aromatic rings. The summed E-state index contributed by atoms with van der Waals surface area (Å²) in [6.45, 7) is 3.99. The SMILES string of the molecule is Cc1nn(C)c(C)c1-c1cc(-c2nc(C3(N)CCC3)no2)[nH]n1.Cl. The molecule has 0 atom stereocenters. The molecule has 1 aliphatic carbocycles. The van der Waals surface area contributed by atoms with Gasteiger partial charge in [0, 0.05) is 18.3 Å². The Morgan fingerprint density at radius 3 is 2.67 bits per heavy atom. The third-order valence-corrected chi connectivity index (χ3v) is 4.69. The van der Waals surface area contributed by atoms with Gasteiger partial charge in [-0.05, 0) is 39.2 Å². The molecule has 0 aromatic carbocycles. The van der Waals surface area contributed by atoms with Gasteiger partial charge in [0.05, 0.1) is 16.9 Å². The van der Waals surface area contributed by atoms with E-state index in [1.54, 1.807) is 0 Å². The van der Waals surface area contributed by atoms with Crippen molar-refractivity contribution in [2.75, 3.05) is 0 Å². The third kappa shape index (κ3) is 2.42. The Bertz CT molecular complexity index is 874. The lowest BCUT2D eigenvalue weighted by Crippen LogP contribution is -2.44. The topological polar surface area (TPSA) is 111 Å². The summed E-state index contributed by atoms with van der Waals surface area (Å²) in [4.78, 5) is 4.44. The standard InChI is InChI=1S/C15H19N7O.ClH/c1-8-12(9(2)22(3)20-8)10-7-11(19-18-10)13-17-14(21-23-13)15(16)5-4-6-15;/h7H,4-6,16H2,1-3H3,(H,18,19);1H. The molecule has 24 heavy (non-hydrogen) atoms. The fourth-order valence-electron chi connectivity index (χ4n) is 3.02. The molecule has 0 unspecified atom stereocenters. The zero-order chi connectivity index (χ0) is 16.2. The smallest absolute Gasteiger partial charge is 0.276 e. The predicted molar refractivity (Wildman–Crippen MR) is 90.5 cm³/mol. The van der Waals surface area contributed by atoms with E-state index in [0.717, 1.165) is 41.9 Å². The maximum absolute atomic E-state index is 6.23. The zero-order valence-corrected chi connectivity index (χ0v) is 14.6. The second kappa shape index (κ2) is 5.71. The van der Waals surface area contributed by atoms with Crippen molar-refractivity contribution in [1.29, 1.82) is 0 Å². The maximum Gasteiger partial charge on any atom is 0.276 e. The largest absolute Gasteiger partial charge is 0.332 e. The van der Waals surface area contributed by atoms with Crippen LogP contribution in [0.1, 0.15) is 36.5 Å². The number of aryl methyl sites for hydroxylation is 2. The molecule has 0 bridgehead atoms. The van der Waals surface area contributed by atoms with Gasteiger partial charge in [0.25, 0.3) is 5.89 Å². The normalized spacial score (nSPS) is 15.8. The van der Waals surface area contributed by atoms with E-state index in [1.807, 2.05) is 31.6 Å². The maximum atomic E-state index is 6.23. The molecule has 3 heterocycles. The summed E-state index contributed by atoms with van der Waals surface area (Å²) in [7, 11) is 1.92. The number of nitrogens with one attached hydrogen (secondary N) is 1. The van der Waals surface area contributed by atoms with E-state index in [-0.39, 0.29) is 12.4 Å². The first-order chi connectivity index (χ1) is 11.0. The number of halogens is 1. The second-order valence-corrected chi connectivity index (χ2v) is 6.27. The minimum Gasteiger partial charge on any atom is -0.332 e. The average molecular weight is 350 g/mol. The number of hydrogen-bond donors (Lipinski definition) is 2. The van der Waals surface area contributed by atoms with Gasteiger partial charge in [0.2, 0.25) is 0 Å². The molecule has 9 heteroatoms. The van der Waals surface area contributed by atoms with Gasteiger partial charge in [-0.3, -0.25) is 9.78 Å². The molecule has 0 amide bonds. The van der Waals surface area contributed by atoms with Crippen LogP contribution in [0.5, 0.6) is 0 Å². The van der Waals surface area contributed by atoms with E-state index >= 15 is 0 Å². The molecule has 0 aliphatic heterocycles. The number of hydrogen-bond acceptors (Lipinski definition) is 6. The summed E-state index contributed by atoms with van der Waals surface area (Å²) in [6, 6.07) is 1.90. The molecule has 8 nitrogen and oxygen atoms in total. The first-order valence-electron chi connectivity index (χ1n) is 7.67. The number of nitrogens with two attached hydrogens (primary N) is 1. The summed E-state index contributed by atoms with van der Waals surface area (Å²) >= 11 is 0. The van der Waals surface area contributed by atoms with Crippen molar-refractivity contribution in [3.05, 3.63) is 23.3 Å². The van der Waals surface area contributed by atoms with Crippen LogP contribution in [-0.4, -0.2) is 30.1 Å². The monoisotopic (exact) mass is 349 g/mol. The van der Waals surface area contributed by atoms with Crippen molar-refractivity contribution in [1.82, 2.24) is 30.1 Å². The van der Waals surface area contributed by atoms with Gasteiger partial charge in [-0.25, -0.2) is 0 Å². The highest BCUT2D eigenvalue weighted by Crippen LogP contribution is 2.37. The van der Waals surface area contributed by atoms with Gasteiger partial charge in [0.1, 0.15) is 5.69 Å². The van der Waals surface area contributed by atoms with Crippen LogP contribution in [0.25, 0.3) is 22.8 Å². The molecule has 0 radical (unpaired) electrons. The number of aromatic nitrogens is 6. The molecular formula is C15H20ClN7O. The number of nitrogens with zero attached hydrogens (tertiary/aromatic N) is 5. The summed E-state index contributed by atoms with van der Waals surface area (Å²) in [5.41, 5.74) is 10.3. The van der Waals surface area contributed by atoms with Crippen LogP contribution in [0.15, 0.2) is 10.6 Å². The molecular weight excluding hydrogens is 330 g/mol. The minimum atomic E-state index is -0.429. The molecule has 1 saturated carbocycles. The first-order valence-corrected chi connectivity index (χ1v) is 7.67. The Morgan fingerprint density at radius 1 is 1.33 bits per heavy atom. The fraction of sp³-hybridized carbons (Fsp3) is 0.467. The molecule has 128 valence electrons. The van der Waals surface area contributed by atoms with Crippen molar-refractivity contribution < 1.29 is 4.52 Å². The summed E-state index contributed by atoms with van der Waals surface area (Å²) < 4.78 is 7.20. The van der Waals surface area contributed by atoms with Gasteiger partial charge in [-0.1, -0.05) is 5.16 Å². The molecule has 0 saturated heterocycles. The van der Waals surface area contributed by atoms with E-state index in [2.05, 4.69) is 25.4 Å². The Kier molecular flexibility index (Phi) is 3.97. The summed E-state index contributed by atoms with van der Waals surface area (Å²) in [6.07, 6.45) is 2.90. The zero-order valence-electron chi connectivity index (χ0n) is 13.8. The lowest BCUT2D eigenvalue weighted by molar-refractivity contribution is 0.229. The van der Waals surface area contributed by atoms with Crippen LogP contribution in [0, 0.1) is 13.8 Å². The first kappa shape index (κ1) is 16.7. The Labute approximate surface area is 145 Å². The number of H-pyrrole nitrogens is 1. The van der Waals surface area contributed by atoms with E-state index in [4.69, 9.17) is 10.3 Å². The molecule has 3 aromatic heterocycles. The Balaban J connectivity index is 0.00000169. The van der Waals surface area contributed by atoms with Crippen LogP contribution in [0.4, 0.5) is 0 Å². The highest BCUT2D eigenvalue weighted by Gasteiger charge is 2.39. The lowest BCUT2D eigenvalue weighted by Gasteiger charge is -2.34. The van der Waals surface area contributed by atoms with Crippen molar-refractivity contribution >= 4 is 12.4 Å². The lowest BCUT2D eigenvalue weighted by atomic mass is 9.77. The predicted octanol–water partition coefficient (Wildman–Crippen LogP) is 2.24. The molecule has 0 spiro atoms. The summed E-state index contributed by atoms with van der Waals surface area (Å²) in [5.74, 6) is 0.985. The number of rotatable bonds is 3. The van der Waals surface area contributed by atoms with Gasteiger partial charge >= 0.3 is 0 Å². The quantitative estimate of drug-likeness (QED) is 0.750. The Hall–Kier alpha value is -2.19. The van der Waals surface area contributed by atoms with Crippen LogP contribution in [0.3, 0.4) is 0 Å². The van der Waals surface area contributed by atoms with E-state index < -0.39 is 5.54 Å². The third-order valence-electron chi connectivity index (χ3n) is 4.69. The minimum absolute atomic E-state index is 0. The summed E-state index contributed by atoms with van der Waals surface area (Å²) in [5, 5.41) is 15.8. The fourth-order valence-corrected chi connectivity index (χ4v) is 3.02. The second-order valence-electron chi connectivity index (χ2n) is 6.27. The molecule has 1 fully saturated rings. The average Bonchev–Trinajstić information content (AvgIpc) is 3.17. The van der Waals surface area contributed by atoms with Crippen LogP contribution in [-0.2, 0) is 12.6 Å². The van der Waals surface area contributed by atoms with Crippen LogP contribution < -0.4 is 5.73 Å². The molecule has 1 aliphatic rings. The van der Waals surface area contributed by atoms with Crippen molar-refractivity contribution in [2.45, 2.75) is 38.6 Å². The van der Waals surface area contributed by atoms with Gasteiger partial charge < -0.3 is 10.3 Å². The highest BCUT2D eigenvalue weighted by molar-refractivity contribution is 5.85. The van der Waals surface area contributed by atoms with Gasteiger partial charge in [0.15, 0.2) is 5.82 Å². The van der Waals surface area contributed by atoms with E-state index in [1.165, 1.54) is 0 Å².